The van der Waals surface area contributed by atoms with Crippen LogP contribution in [0.15, 0.2) is 18.3 Å². The third-order valence-corrected chi connectivity index (χ3v) is 5.28. The number of rotatable bonds is 10. The first-order valence-corrected chi connectivity index (χ1v) is 9.03. The minimum Gasteiger partial charge on any atom is -0.260 e. The Kier molecular flexibility index (Phi) is 8.00. The molecule has 0 fully saturated rings. The summed E-state index contributed by atoms with van der Waals surface area (Å²) in [5, 5.41) is 0. The van der Waals surface area contributed by atoms with E-state index in [1.807, 2.05) is 0 Å². The molecule has 0 saturated heterocycles. The van der Waals surface area contributed by atoms with E-state index in [0.29, 0.717) is 5.92 Å². The molecule has 0 aliphatic carbocycles. The van der Waals surface area contributed by atoms with Crippen LogP contribution in [0.5, 0.6) is 0 Å². The Hall–Kier alpha value is -0.850. The Balaban J connectivity index is 2.53. The standard InChI is InChI=1S/C20H35N/c1-6-9-10-11-12-13-17(4)18-14-15-19(21-16-18)20(5,7-2)8-3/h14-17H,6-13H2,1-5H3. The molecule has 0 saturated carbocycles. The van der Waals surface area contributed by atoms with Crippen molar-refractivity contribution in [2.75, 3.05) is 0 Å². The molecule has 1 atom stereocenters. The molecule has 0 spiro atoms. The summed E-state index contributed by atoms with van der Waals surface area (Å²) in [6, 6.07) is 4.57. The predicted molar refractivity (Wildman–Crippen MR) is 94.0 cm³/mol. The van der Waals surface area contributed by atoms with Crippen LogP contribution in [0.4, 0.5) is 0 Å². The molecule has 120 valence electrons. The lowest BCUT2D eigenvalue weighted by molar-refractivity contribution is 0.425. The van der Waals surface area contributed by atoms with Gasteiger partial charge < -0.3 is 0 Å². The summed E-state index contributed by atoms with van der Waals surface area (Å²) in [4.78, 5) is 4.77. The fourth-order valence-electron chi connectivity index (χ4n) is 2.89. The molecule has 1 heteroatoms. The number of aromatic nitrogens is 1. The fourth-order valence-corrected chi connectivity index (χ4v) is 2.89. The van der Waals surface area contributed by atoms with Crippen LogP contribution in [-0.4, -0.2) is 4.98 Å². The van der Waals surface area contributed by atoms with E-state index in [4.69, 9.17) is 4.98 Å². The normalized spacial score (nSPS) is 13.4. The first-order valence-electron chi connectivity index (χ1n) is 9.03. The summed E-state index contributed by atoms with van der Waals surface area (Å²) < 4.78 is 0. The van der Waals surface area contributed by atoms with Gasteiger partial charge in [0.1, 0.15) is 0 Å². The van der Waals surface area contributed by atoms with E-state index in [-0.39, 0.29) is 5.41 Å². The first-order chi connectivity index (χ1) is 10.1. The van der Waals surface area contributed by atoms with Gasteiger partial charge in [-0.2, -0.15) is 0 Å². The molecule has 0 aliphatic rings. The van der Waals surface area contributed by atoms with Gasteiger partial charge in [0.05, 0.1) is 0 Å². The average molecular weight is 290 g/mol. The lowest BCUT2D eigenvalue weighted by Crippen LogP contribution is -2.21. The Morgan fingerprint density at radius 3 is 2.19 bits per heavy atom. The van der Waals surface area contributed by atoms with Crippen LogP contribution >= 0.6 is 0 Å². The van der Waals surface area contributed by atoms with Crippen molar-refractivity contribution in [3.8, 4) is 0 Å². The zero-order valence-corrected chi connectivity index (χ0v) is 14.9. The van der Waals surface area contributed by atoms with E-state index in [1.165, 1.54) is 49.8 Å². The smallest absolute Gasteiger partial charge is 0.0462 e. The van der Waals surface area contributed by atoms with Crippen LogP contribution < -0.4 is 0 Å². The molecular formula is C20H35N. The zero-order chi connectivity index (χ0) is 15.7. The maximum absolute atomic E-state index is 4.77. The van der Waals surface area contributed by atoms with Gasteiger partial charge in [-0.3, -0.25) is 4.98 Å². The van der Waals surface area contributed by atoms with Gasteiger partial charge in [0.25, 0.3) is 0 Å². The second-order valence-electron chi connectivity index (χ2n) is 6.85. The maximum atomic E-state index is 4.77. The van der Waals surface area contributed by atoms with Crippen LogP contribution in [0.2, 0.25) is 0 Å². The van der Waals surface area contributed by atoms with Crippen LogP contribution in [0.25, 0.3) is 0 Å². The van der Waals surface area contributed by atoms with Crippen molar-refractivity contribution in [2.45, 2.75) is 97.3 Å². The summed E-state index contributed by atoms with van der Waals surface area (Å²) in [5.74, 6) is 0.641. The molecule has 0 radical (unpaired) electrons. The van der Waals surface area contributed by atoms with Gasteiger partial charge in [-0.05, 0) is 36.8 Å². The molecule has 0 aromatic carbocycles. The van der Waals surface area contributed by atoms with E-state index in [9.17, 15) is 0 Å². The highest BCUT2D eigenvalue weighted by atomic mass is 14.7. The van der Waals surface area contributed by atoms with Crippen molar-refractivity contribution < 1.29 is 0 Å². The predicted octanol–water partition coefficient (Wildman–Crippen LogP) is 6.62. The highest BCUT2D eigenvalue weighted by Gasteiger charge is 2.23. The molecule has 1 aromatic rings. The molecule has 1 aromatic heterocycles. The highest BCUT2D eigenvalue weighted by molar-refractivity contribution is 5.22. The molecule has 1 heterocycles. The number of nitrogens with zero attached hydrogens (tertiary/aromatic N) is 1. The molecule has 0 bridgehead atoms. The van der Waals surface area contributed by atoms with Crippen molar-refractivity contribution in [1.29, 1.82) is 0 Å². The average Bonchev–Trinajstić information content (AvgIpc) is 2.54. The minimum absolute atomic E-state index is 0.238. The third-order valence-electron chi connectivity index (χ3n) is 5.28. The largest absolute Gasteiger partial charge is 0.260 e. The second-order valence-corrected chi connectivity index (χ2v) is 6.85. The van der Waals surface area contributed by atoms with Crippen LogP contribution in [0, 0.1) is 0 Å². The highest BCUT2D eigenvalue weighted by Crippen LogP contribution is 2.30. The Labute approximate surface area is 132 Å². The van der Waals surface area contributed by atoms with Gasteiger partial charge in [-0.15, -0.1) is 0 Å². The summed E-state index contributed by atoms with van der Waals surface area (Å²) in [6.07, 6.45) is 12.6. The number of unbranched alkanes of at least 4 members (excludes halogenated alkanes) is 4. The fraction of sp³-hybridized carbons (Fsp3) is 0.750. The molecule has 1 unspecified atom stereocenters. The quantitative estimate of drug-likeness (QED) is 0.441. The summed E-state index contributed by atoms with van der Waals surface area (Å²) in [6.45, 7) is 11.5. The molecule has 21 heavy (non-hydrogen) atoms. The second kappa shape index (κ2) is 9.23. The van der Waals surface area contributed by atoms with Crippen LogP contribution in [0.1, 0.15) is 103 Å². The van der Waals surface area contributed by atoms with Gasteiger partial charge in [0.15, 0.2) is 0 Å². The molecule has 0 N–H and O–H groups in total. The van der Waals surface area contributed by atoms with Crippen molar-refractivity contribution in [3.05, 3.63) is 29.6 Å². The van der Waals surface area contributed by atoms with Gasteiger partial charge in [-0.25, -0.2) is 0 Å². The number of hydrogen-bond donors (Lipinski definition) is 0. The van der Waals surface area contributed by atoms with Gasteiger partial charge in [-0.1, -0.05) is 72.8 Å². The van der Waals surface area contributed by atoms with E-state index < -0.39 is 0 Å². The minimum atomic E-state index is 0.238. The molecular weight excluding hydrogens is 254 g/mol. The maximum Gasteiger partial charge on any atom is 0.0462 e. The lowest BCUT2D eigenvalue weighted by Gasteiger charge is -2.26. The third kappa shape index (κ3) is 5.45. The molecule has 1 rings (SSSR count). The van der Waals surface area contributed by atoms with E-state index in [0.717, 1.165) is 12.8 Å². The molecule has 1 nitrogen and oxygen atoms in total. The Morgan fingerprint density at radius 1 is 1.00 bits per heavy atom. The Morgan fingerprint density at radius 2 is 1.67 bits per heavy atom. The van der Waals surface area contributed by atoms with Gasteiger partial charge in [0, 0.05) is 17.3 Å². The molecule has 0 amide bonds. The van der Waals surface area contributed by atoms with E-state index in [1.54, 1.807) is 0 Å². The Bertz CT molecular complexity index is 375. The summed E-state index contributed by atoms with van der Waals surface area (Å²) in [5.41, 5.74) is 2.90. The summed E-state index contributed by atoms with van der Waals surface area (Å²) in [7, 11) is 0. The lowest BCUT2D eigenvalue weighted by atomic mass is 9.81. The van der Waals surface area contributed by atoms with Crippen molar-refractivity contribution >= 4 is 0 Å². The first kappa shape index (κ1) is 18.2. The van der Waals surface area contributed by atoms with E-state index >= 15 is 0 Å². The molecule has 0 aliphatic heterocycles. The zero-order valence-electron chi connectivity index (χ0n) is 14.9. The van der Waals surface area contributed by atoms with Gasteiger partial charge in [0.2, 0.25) is 0 Å². The SMILES string of the molecule is CCCCCCCC(C)c1ccc(C(C)(CC)CC)nc1. The van der Waals surface area contributed by atoms with Crippen molar-refractivity contribution in [3.63, 3.8) is 0 Å². The van der Waals surface area contributed by atoms with Gasteiger partial charge >= 0.3 is 0 Å². The monoisotopic (exact) mass is 289 g/mol. The number of pyridine rings is 1. The van der Waals surface area contributed by atoms with Crippen LogP contribution in [-0.2, 0) is 5.41 Å². The summed E-state index contributed by atoms with van der Waals surface area (Å²) >= 11 is 0. The van der Waals surface area contributed by atoms with E-state index in [2.05, 4.69) is 52.9 Å². The number of hydrogen-bond acceptors (Lipinski definition) is 1. The van der Waals surface area contributed by atoms with Crippen LogP contribution in [0.3, 0.4) is 0 Å². The van der Waals surface area contributed by atoms with Crippen molar-refractivity contribution in [1.82, 2.24) is 4.98 Å². The van der Waals surface area contributed by atoms with Crippen molar-refractivity contribution in [2.24, 2.45) is 0 Å². The topological polar surface area (TPSA) is 12.9 Å².